The second-order valence-corrected chi connectivity index (χ2v) is 9.85. The Labute approximate surface area is 234 Å². The molecule has 4 rings (SSSR count). The van der Waals surface area contributed by atoms with Gasteiger partial charge in [0.2, 0.25) is 0 Å². The molecule has 196 valence electrons. The summed E-state index contributed by atoms with van der Waals surface area (Å²) in [5.41, 5.74) is 7.12. The summed E-state index contributed by atoms with van der Waals surface area (Å²) in [5, 5.41) is 1.01. The summed E-state index contributed by atoms with van der Waals surface area (Å²) in [7, 11) is 0. The van der Waals surface area contributed by atoms with Crippen LogP contribution >= 0.6 is 23.2 Å². The first-order chi connectivity index (χ1) is 18.2. The topological polar surface area (TPSA) is 52.6 Å². The molecular weight excluding hydrogens is 519 g/mol. The summed E-state index contributed by atoms with van der Waals surface area (Å²) >= 11 is 11.8. The third-order valence-electron chi connectivity index (χ3n) is 5.95. The van der Waals surface area contributed by atoms with E-state index >= 15 is 0 Å². The fraction of sp³-hybridized carbons (Fsp3) is 0.188. The number of aryl methyl sites for hydroxylation is 4. The van der Waals surface area contributed by atoms with Crippen molar-refractivity contribution in [2.75, 3.05) is 0 Å². The largest absolute Gasteiger partial charge is 0.489 e. The van der Waals surface area contributed by atoms with Crippen LogP contribution in [0.25, 0.3) is 0 Å². The number of hydrogen-bond acceptors (Lipinski definition) is 4. The zero-order valence-electron chi connectivity index (χ0n) is 21.9. The molecule has 0 saturated heterocycles. The van der Waals surface area contributed by atoms with Gasteiger partial charge in [-0.05, 0) is 85.8 Å². The Kier molecular flexibility index (Phi) is 10.5. The van der Waals surface area contributed by atoms with Crippen LogP contribution in [-0.2, 0) is 13.2 Å². The maximum absolute atomic E-state index is 11.0. The molecule has 0 amide bonds. The van der Waals surface area contributed by atoms with Crippen molar-refractivity contribution in [1.29, 1.82) is 0 Å². The van der Waals surface area contributed by atoms with E-state index in [1.54, 1.807) is 18.2 Å². The van der Waals surface area contributed by atoms with Crippen LogP contribution < -0.4 is 9.47 Å². The number of hydrogen-bond donors (Lipinski definition) is 0. The summed E-state index contributed by atoms with van der Waals surface area (Å²) in [4.78, 5) is 22.0. The van der Waals surface area contributed by atoms with Crippen molar-refractivity contribution in [1.82, 2.24) is 0 Å². The Balaban J connectivity index is 0.000000211. The fourth-order valence-electron chi connectivity index (χ4n) is 3.68. The van der Waals surface area contributed by atoms with Crippen molar-refractivity contribution in [3.63, 3.8) is 0 Å². The van der Waals surface area contributed by atoms with Crippen LogP contribution in [0.5, 0.6) is 11.5 Å². The van der Waals surface area contributed by atoms with Crippen molar-refractivity contribution in [2.45, 2.75) is 40.9 Å². The lowest BCUT2D eigenvalue weighted by Crippen LogP contribution is -2.01. The van der Waals surface area contributed by atoms with Gasteiger partial charge in [-0.3, -0.25) is 9.59 Å². The lowest BCUT2D eigenvalue weighted by molar-refractivity contribution is 0.111. The Hall–Kier alpha value is -3.60. The first-order valence-electron chi connectivity index (χ1n) is 12.1. The van der Waals surface area contributed by atoms with Gasteiger partial charge < -0.3 is 9.47 Å². The zero-order chi connectivity index (χ0) is 27.7. The molecule has 4 aromatic carbocycles. The van der Waals surface area contributed by atoms with Gasteiger partial charge in [0, 0.05) is 21.7 Å². The third kappa shape index (κ3) is 7.95. The van der Waals surface area contributed by atoms with E-state index < -0.39 is 0 Å². The fourth-order valence-corrected chi connectivity index (χ4v) is 4.10. The monoisotopic (exact) mass is 548 g/mol. The molecule has 0 radical (unpaired) electrons. The first-order valence-corrected chi connectivity index (χ1v) is 12.8. The summed E-state index contributed by atoms with van der Waals surface area (Å²) in [6.45, 7) is 8.72. The van der Waals surface area contributed by atoms with E-state index in [1.165, 1.54) is 0 Å². The van der Waals surface area contributed by atoms with E-state index in [2.05, 4.69) is 0 Å². The third-order valence-corrected chi connectivity index (χ3v) is 6.51. The number of carbonyl (C=O) groups excluding carboxylic acids is 2. The quantitative estimate of drug-likeness (QED) is 0.206. The molecule has 4 nitrogen and oxygen atoms in total. The molecule has 0 aliphatic rings. The second-order valence-electron chi connectivity index (χ2n) is 9.01. The highest BCUT2D eigenvalue weighted by atomic mass is 35.5. The predicted molar refractivity (Wildman–Crippen MR) is 154 cm³/mol. The van der Waals surface area contributed by atoms with Crippen molar-refractivity contribution in [3.05, 3.63) is 127 Å². The van der Waals surface area contributed by atoms with Crippen LogP contribution in [-0.4, -0.2) is 12.6 Å². The number of halogens is 2. The average molecular weight is 549 g/mol. The van der Waals surface area contributed by atoms with Crippen LogP contribution in [0.15, 0.2) is 72.8 Å². The minimum Gasteiger partial charge on any atom is -0.489 e. The molecule has 0 unspecified atom stereocenters. The Morgan fingerprint density at radius 2 is 1.24 bits per heavy atom. The smallest absolute Gasteiger partial charge is 0.151 e. The van der Waals surface area contributed by atoms with Gasteiger partial charge in [-0.15, -0.1) is 0 Å². The van der Waals surface area contributed by atoms with Gasteiger partial charge in [0.05, 0.1) is 5.02 Å². The summed E-state index contributed by atoms with van der Waals surface area (Å²) in [6.07, 6.45) is 1.57. The molecule has 0 spiro atoms. The molecule has 0 aliphatic carbocycles. The summed E-state index contributed by atoms with van der Waals surface area (Å²) < 4.78 is 11.6. The lowest BCUT2D eigenvalue weighted by Gasteiger charge is -2.11. The number of carbonyl (C=O) groups is 2. The molecular formula is C32H30Cl2O4. The van der Waals surface area contributed by atoms with Crippen LogP contribution in [0.2, 0.25) is 10.0 Å². The predicted octanol–water partition coefficient (Wildman–Crippen LogP) is 8.70. The number of rotatable bonds is 8. The minimum atomic E-state index is 0.332. The van der Waals surface area contributed by atoms with Gasteiger partial charge in [0.1, 0.15) is 24.7 Å². The van der Waals surface area contributed by atoms with Crippen molar-refractivity contribution >= 4 is 35.8 Å². The molecule has 0 aromatic heterocycles. The Morgan fingerprint density at radius 1 is 0.658 bits per heavy atom. The van der Waals surface area contributed by atoms with E-state index in [-0.39, 0.29) is 0 Å². The zero-order valence-corrected chi connectivity index (χ0v) is 23.4. The Bertz CT molecular complexity index is 1430. The molecule has 4 aromatic rings. The summed E-state index contributed by atoms with van der Waals surface area (Å²) in [6, 6.07) is 22.7. The molecule has 0 N–H and O–H groups in total. The minimum absolute atomic E-state index is 0.332. The highest BCUT2D eigenvalue weighted by molar-refractivity contribution is 6.33. The van der Waals surface area contributed by atoms with E-state index in [9.17, 15) is 9.59 Å². The molecule has 0 bridgehead atoms. The van der Waals surface area contributed by atoms with Crippen LogP contribution in [0.1, 0.15) is 54.1 Å². The van der Waals surface area contributed by atoms with Gasteiger partial charge in [0.15, 0.2) is 12.6 Å². The maximum Gasteiger partial charge on any atom is 0.151 e. The van der Waals surface area contributed by atoms with Crippen LogP contribution in [0, 0.1) is 27.7 Å². The molecule has 0 fully saturated rings. The van der Waals surface area contributed by atoms with Crippen LogP contribution in [0.4, 0.5) is 0 Å². The summed E-state index contributed by atoms with van der Waals surface area (Å²) in [5.74, 6) is 1.67. The lowest BCUT2D eigenvalue weighted by atomic mass is 10.1. The second kappa shape index (κ2) is 13.8. The van der Waals surface area contributed by atoms with E-state index in [0.29, 0.717) is 34.4 Å². The van der Waals surface area contributed by atoms with E-state index in [0.717, 1.165) is 57.5 Å². The molecule has 6 heteroatoms. The molecule has 38 heavy (non-hydrogen) atoms. The number of ether oxygens (including phenoxy) is 2. The molecule has 0 saturated carbocycles. The van der Waals surface area contributed by atoms with Crippen molar-refractivity contribution in [2.24, 2.45) is 0 Å². The maximum atomic E-state index is 11.0. The van der Waals surface area contributed by atoms with Gasteiger partial charge in [0.25, 0.3) is 0 Å². The van der Waals surface area contributed by atoms with Gasteiger partial charge in [-0.2, -0.15) is 0 Å². The highest BCUT2D eigenvalue weighted by Crippen LogP contribution is 2.24. The molecule has 0 aliphatic heterocycles. The van der Waals surface area contributed by atoms with Crippen LogP contribution in [0.3, 0.4) is 0 Å². The molecule has 0 heterocycles. The number of benzene rings is 4. The van der Waals surface area contributed by atoms with Crippen molar-refractivity contribution in [3.8, 4) is 11.5 Å². The van der Waals surface area contributed by atoms with E-state index in [4.69, 9.17) is 32.7 Å². The molecule has 0 atom stereocenters. The normalized spacial score (nSPS) is 10.3. The highest BCUT2D eigenvalue weighted by Gasteiger charge is 2.08. The Morgan fingerprint density at radius 3 is 1.79 bits per heavy atom. The standard InChI is InChI=1S/2C16H15ClO2/c1-11-3-4-12(2)16(7-11)19-10-13-5-6-15(17)8-14(13)9-18;1-11-6-7-12(2)16(8-11)19-10-13-4-3-5-15(17)14(13)9-18/h2*3-9H,10H2,1-2H3. The average Bonchev–Trinajstić information content (AvgIpc) is 2.90. The van der Waals surface area contributed by atoms with Crippen molar-refractivity contribution < 1.29 is 19.1 Å². The number of aldehydes is 2. The van der Waals surface area contributed by atoms with Gasteiger partial charge in [-0.25, -0.2) is 0 Å². The van der Waals surface area contributed by atoms with E-state index in [1.807, 2.05) is 82.3 Å². The SMILES string of the molecule is Cc1ccc(C)c(OCc2ccc(Cl)cc2C=O)c1.Cc1ccc(C)c(OCc2cccc(Cl)c2C=O)c1. The van der Waals surface area contributed by atoms with Gasteiger partial charge in [-0.1, -0.05) is 65.7 Å². The van der Waals surface area contributed by atoms with Gasteiger partial charge >= 0.3 is 0 Å². The first kappa shape index (κ1) is 29.0.